The summed E-state index contributed by atoms with van der Waals surface area (Å²) in [5.74, 6) is 1.09. The van der Waals surface area contributed by atoms with Crippen LogP contribution in [0.2, 0.25) is 0 Å². The molecule has 0 spiro atoms. The van der Waals surface area contributed by atoms with E-state index in [2.05, 4.69) is 45.6 Å². The number of fused-ring (bicyclic) bond motifs is 1. The number of nitrogens with one attached hydrogen (secondary N) is 2. The summed E-state index contributed by atoms with van der Waals surface area (Å²) in [5.41, 5.74) is 4.65. The number of ether oxygens (including phenoxy) is 1. The fourth-order valence-electron chi connectivity index (χ4n) is 4.24. The molecule has 2 aromatic heterocycles. The minimum Gasteiger partial charge on any atom is -0.405 e. The van der Waals surface area contributed by atoms with Gasteiger partial charge in [0.1, 0.15) is 6.07 Å². The van der Waals surface area contributed by atoms with E-state index in [1.807, 2.05) is 50.1 Å². The smallest absolute Gasteiger partial charge is 0.228 e. The van der Waals surface area contributed by atoms with Crippen LogP contribution in [0.25, 0.3) is 11.3 Å². The number of rotatable bonds is 9. The first kappa shape index (κ1) is 24.7. The highest BCUT2D eigenvalue weighted by Crippen LogP contribution is 2.40. The van der Waals surface area contributed by atoms with Gasteiger partial charge in [0.25, 0.3) is 0 Å². The molecule has 3 aromatic rings. The first-order chi connectivity index (χ1) is 16.7. The maximum Gasteiger partial charge on any atom is 0.228 e. The molecule has 1 unspecified atom stereocenters. The molecule has 0 saturated heterocycles. The lowest BCUT2D eigenvalue weighted by molar-refractivity contribution is 0.0112. The lowest BCUT2D eigenvalue weighted by Crippen LogP contribution is -2.34. The zero-order valence-corrected chi connectivity index (χ0v) is 20.9. The average Bonchev–Trinajstić information content (AvgIpc) is 3.36. The van der Waals surface area contributed by atoms with Gasteiger partial charge in [-0.15, -0.1) is 0 Å². The van der Waals surface area contributed by atoms with Crippen molar-refractivity contribution in [3.8, 4) is 17.3 Å². The molecule has 0 fully saturated rings. The van der Waals surface area contributed by atoms with Crippen molar-refractivity contribution >= 4 is 24.7 Å². The molecule has 35 heavy (non-hydrogen) atoms. The zero-order valence-electron chi connectivity index (χ0n) is 20.9. The molecule has 1 radical (unpaired) electrons. The molecule has 3 heterocycles. The highest BCUT2D eigenvalue weighted by Gasteiger charge is 2.36. The number of methoxy groups -OCH3 is 1. The summed E-state index contributed by atoms with van der Waals surface area (Å²) in [6, 6.07) is 9.93. The Labute approximate surface area is 206 Å². The predicted octanol–water partition coefficient (Wildman–Crippen LogP) is 3.37. The molecule has 1 aliphatic rings. The van der Waals surface area contributed by atoms with Crippen LogP contribution in [-0.2, 0) is 16.6 Å². The first-order valence-electron chi connectivity index (χ1n) is 11.7. The summed E-state index contributed by atoms with van der Waals surface area (Å²) in [5, 5.41) is 30.1. The Kier molecular flexibility index (Phi) is 6.83. The van der Waals surface area contributed by atoms with E-state index < -0.39 is 0 Å². The second kappa shape index (κ2) is 9.68. The quantitative estimate of drug-likeness (QED) is 0.406. The Morgan fingerprint density at radius 2 is 2.17 bits per heavy atom. The molecule has 0 saturated carbocycles. The number of hydrogen-bond acceptors (Lipinski definition) is 8. The summed E-state index contributed by atoms with van der Waals surface area (Å²) in [6.07, 6.45) is 2.52. The van der Waals surface area contributed by atoms with Gasteiger partial charge in [0.2, 0.25) is 5.95 Å². The van der Waals surface area contributed by atoms with Gasteiger partial charge in [-0.3, -0.25) is 4.68 Å². The highest BCUT2D eigenvalue weighted by atomic mass is 16.5. The monoisotopic (exact) mass is 472 g/mol. The number of aryl methyl sites for hydroxylation is 2. The van der Waals surface area contributed by atoms with Crippen molar-refractivity contribution in [2.75, 3.05) is 30.8 Å². The molecule has 181 valence electrons. The number of anilines is 3. The Hall–Kier alpha value is -3.42. The van der Waals surface area contributed by atoms with Crippen molar-refractivity contribution < 1.29 is 9.84 Å². The molecule has 10 heteroatoms. The van der Waals surface area contributed by atoms with E-state index in [1.54, 1.807) is 13.3 Å². The van der Waals surface area contributed by atoms with Crippen molar-refractivity contribution in [3.05, 3.63) is 47.3 Å². The van der Waals surface area contributed by atoms with E-state index in [0.717, 1.165) is 35.5 Å². The van der Waals surface area contributed by atoms with Crippen LogP contribution in [-0.4, -0.2) is 57.9 Å². The van der Waals surface area contributed by atoms with Gasteiger partial charge in [-0.25, -0.2) is 9.97 Å². The van der Waals surface area contributed by atoms with Gasteiger partial charge in [0.05, 0.1) is 22.5 Å². The molecule has 1 aliphatic heterocycles. The third kappa shape index (κ3) is 5.16. The molecule has 1 atom stereocenters. The molecule has 0 aliphatic carbocycles. The van der Waals surface area contributed by atoms with Crippen LogP contribution in [0.1, 0.15) is 44.0 Å². The fourth-order valence-corrected chi connectivity index (χ4v) is 4.24. The Bertz CT molecular complexity index is 1270. The summed E-state index contributed by atoms with van der Waals surface area (Å²) < 4.78 is 7.45. The number of nitriles is 1. The van der Waals surface area contributed by atoms with E-state index in [9.17, 15) is 10.4 Å². The van der Waals surface area contributed by atoms with Crippen LogP contribution < -0.4 is 10.6 Å². The van der Waals surface area contributed by atoms with Crippen LogP contribution in [0.3, 0.4) is 0 Å². The van der Waals surface area contributed by atoms with Gasteiger partial charge >= 0.3 is 0 Å². The van der Waals surface area contributed by atoms with Crippen molar-refractivity contribution in [1.82, 2.24) is 19.7 Å². The zero-order chi connectivity index (χ0) is 25.2. The SMILES string of the molecule is COC(C)(C)CCn1nc(Nc2nccc(-c3cc(C#N)c4c(c3)C(C)([B]CO)CN4)n2)cc1C. The number of aromatic nitrogens is 4. The van der Waals surface area contributed by atoms with E-state index in [4.69, 9.17) is 4.74 Å². The summed E-state index contributed by atoms with van der Waals surface area (Å²) in [4.78, 5) is 9.05. The third-order valence-corrected chi connectivity index (χ3v) is 6.70. The maximum absolute atomic E-state index is 9.75. The number of aliphatic hydroxyl groups is 1. The molecule has 0 amide bonds. The first-order valence-corrected chi connectivity index (χ1v) is 11.7. The van der Waals surface area contributed by atoms with Crippen LogP contribution in [0, 0.1) is 18.3 Å². The van der Waals surface area contributed by atoms with Gasteiger partial charge < -0.3 is 20.5 Å². The largest absolute Gasteiger partial charge is 0.405 e. The summed E-state index contributed by atoms with van der Waals surface area (Å²) >= 11 is 0. The van der Waals surface area contributed by atoms with Crippen molar-refractivity contribution in [3.63, 3.8) is 0 Å². The highest BCUT2D eigenvalue weighted by molar-refractivity contribution is 6.40. The molecule has 1 aromatic carbocycles. The normalized spacial score (nSPS) is 16.9. The van der Waals surface area contributed by atoms with Crippen LogP contribution in [0.15, 0.2) is 30.5 Å². The van der Waals surface area contributed by atoms with Gasteiger partial charge in [0, 0.05) is 50.2 Å². The van der Waals surface area contributed by atoms with Gasteiger partial charge in [-0.1, -0.05) is 6.92 Å². The number of aliphatic hydroxyl groups excluding tert-OH is 1. The average molecular weight is 472 g/mol. The molecule has 0 bridgehead atoms. The fraction of sp³-hybridized carbons (Fsp3) is 0.440. The van der Waals surface area contributed by atoms with Gasteiger partial charge in [0.15, 0.2) is 13.1 Å². The standard InChI is InChI=1S/C25H31BN7O2/c1-16-10-21(32-33(16)9-7-24(2,3)35-5)31-23-28-8-6-20(30-23)17-11-18(13-27)22-19(12-17)25(4,14-29-22)26-15-34/h6,8,10-12,29,34H,7,9,14-15H2,1-5H3,(H,28,30,31,32). The maximum atomic E-state index is 9.75. The van der Waals surface area contributed by atoms with Gasteiger partial charge in [-0.05, 0) is 56.3 Å². The summed E-state index contributed by atoms with van der Waals surface area (Å²) in [6.45, 7) is 9.49. The number of nitrogens with zero attached hydrogens (tertiary/aromatic N) is 5. The third-order valence-electron chi connectivity index (χ3n) is 6.70. The van der Waals surface area contributed by atoms with E-state index >= 15 is 0 Å². The van der Waals surface area contributed by atoms with Crippen molar-refractivity contribution in [1.29, 1.82) is 5.26 Å². The van der Waals surface area contributed by atoms with Crippen molar-refractivity contribution in [2.24, 2.45) is 0 Å². The van der Waals surface area contributed by atoms with Crippen LogP contribution in [0.5, 0.6) is 0 Å². The van der Waals surface area contributed by atoms with E-state index in [0.29, 0.717) is 29.6 Å². The molecular formula is C25H31BN7O2. The second-order valence-electron chi connectivity index (χ2n) is 9.71. The molecular weight excluding hydrogens is 441 g/mol. The second-order valence-corrected chi connectivity index (χ2v) is 9.71. The van der Waals surface area contributed by atoms with Crippen molar-refractivity contribution in [2.45, 2.75) is 51.6 Å². The Balaban J connectivity index is 1.59. The topological polar surface area (TPSA) is 121 Å². The van der Waals surface area contributed by atoms with E-state index in [-0.39, 0.29) is 17.4 Å². The minimum atomic E-state index is -0.373. The Morgan fingerprint density at radius 1 is 1.37 bits per heavy atom. The molecule has 9 nitrogen and oxygen atoms in total. The van der Waals surface area contributed by atoms with E-state index in [1.165, 1.54) is 0 Å². The number of benzene rings is 1. The lowest BCUT2D eigenvalue weighted by Gasteiger charge is -2.22. The minimum absolute atomic E-state index is 0.0413. The van der Waals surface area contributed by atoms with Crippen LogP contribution in [0.4, 0.5) is 17.5 Å². The van der Waals surface area contributed by atoms with Crippen LogP contribution >= 0.6 is 0 Å². The number of hydrogen-bond donors (Lipinski definition) is 3. The summed E-state index contributed by atoms with van der Waals surface area (Å²) in [7, 11) is 3.58. The Morgan fingerprint density at radius 3 is 2.89 bits per heavy atom. The van der Waals surface area contributed by atoms with Gasteiger partial charge in [-0.2, -0.15) is 10.4 Å². The lowest BCUT2D eigenvalue weighted by atomic mass is 9.51. The molecule has 3 N–H and O–H groups in total. The molecule has 4 rings (SSSR count). The predicted molar refractivity (Wildman–Crippen MR) is 137 cm³/mol.